The molecule has 4 rings (SSSR count). The number of fused-ring (bicyclic) bond motifs is 1. The van der Waals surface area contributed by atoms with Gasteiger partial charge in [-0.3, -0.25) is 4.79 Å². The van der Waals surface area contributed by atoms with Crippen molar-refractivity contribution in [1.29, 1.82) is 5.41 Å². The molecule has 7 heteroatoms. The third-order valence-electron chi connectivity index (χ3n) is 6.20. The average molecular weight is 447 g/mol. The maximum Gasteiger partial charge on any atom is 0.225 e. The minimum atomic E-state index is 0.0788. The predicted molar refractivity (Wildman–Crippen MR) is 128 cm³/mol. The van der Waals surface area contributed by atoms with Crippen LogP contribution in [0.5, 0.6) is 11.6 Å². The van der Waals surface area contributed by atoms with Crippen molar-refractivity contribution < 1.29 is 14.3 Å². The van der Waals surface area contributed by atoms with Crippen LogP contribution in [0.2, 0.25) is 0 Å². The van der Waals surface area contributed by atoms with Crippen LogP contribution >= 0.6 is 0 Å². The topological polar surface area (TPSA) is 111 Å². The van der Waals surface area contributed by atoms with Gasteiger partial charge in [-0.25, -0.2) is 4.98 Å². The number of aromatic nitrogens is 2. The summed E-state index contributed by atoms with van der Waals surface area (Å²) in [7, 11) is 1.60. The van der Waals surface area contributed by atoms with Crippen molar-refractivity contribution in [1.82, 2.24) is 9.97 Å². The van der Waals surface area contributed by atoms with E-state index in [9.17, 15) is 4.79 Å². The SMILES string of the molecule is CCC(=O)c1ccc(Cc2nc3c(c(OC4CCCC4)n2)C(C(N)=CC=N)=CC3)c(OC)c1. The molecule has 7 nitrogen and oxygen atoms in total. The number of carbonyl (C=O) groups is 1. The zero-order valence-electron chi connectivity index (χ0n) is 19.2. The molecule has 0 unspecified atom stereocenters. The number of benzene rings is 1. The van der Waals surface area contributed by atoms with Crippen molar-refractivity contribution in [2.45, 2.75) is 58.0 Å². The first-order valence-electron chi connectivity index (χ1n) is 11.5. The van der Waals surface area contributed by atoms with Gasteiger partial charge in [-0.15, -0.1) is 0 Å². The summed E-state index contributed by atoms with van der Waals surface area (Å²) < 4.78 is 11.9. The highest BCUT2D eigenvalue weighted by Crippen LogP contribution is 2.38. The lowest BCUT2D eigenvalue weighted by atomic mass is 10.0. The minimum Gasteiger partial charge on any atom is -0.496 e. The molecule has 1 heterocycles. The van der Waals surface area contributed by atoms with E-state index in [1.807, 2.05) is 25.1 Å². The highest BCUT2D eigenvalue weighted by molar-refractivity contribution is 5.96. The van der Waals surface area contributed by atoms with E-state index in [2.05, 4.69) is 0 Å². The van der Waals surface area contributed by atoms with Gasteiger partial charge in [0.05, 0.1) is 18.4 Å². The molecule has 0 bridgehead atoms. The fourth-order valence-electron chi connectivity index (χ4n) is 4.46. The van der Waals surface area contributed by atoms with E-state index in [4.69, 9.17) is 30.6 Å². The first-order valence-corrected chi connectivity index (χ1v) is 11.5. The number of nitrogens with one attached hydrogen (secondary N) is 1. The first-order chi connectivity index (χ1) is 16.0. The molecule has 2 aliphatic rings. The standard InChI is InChI=1S/C26H30N4O3/c1-3-22(31)16-8-9-17(23(14-16)32-2)15-24-29-21-11-10-19(20(28)12-13-27)25(21)26(30-24)33-18-6-4-5-7-18/h8-10,12-14,18,27H,3-7,11,15,28H2,1-2H3. The zero-order chi connectivity index (χ0) is 23.4. The van der Waals surface area contributed by atoms with Crippen molar-refractivity contribution in [2.75, 3.05) is 7.11 Å². The second-order valence-corrected chi connectivity index (χ2v) is 8.38. The van der Waals surface area contributed by atoms with Gasteiger partial charge in [0, 0.05) is 47.9 Å². The summed E-state index contributed by atoms with van der Waals surface area (Å²) in [6.07, 6.45) is 10.8. The Morgan fingerprint density at radius 2 is 2.06 bits per heavy atom. The number of nitrogens with zero attached hydrogens (tertiary/aromatic N) is 2. The van der Waals surface area contributed by atoms with Gasteiger partial charge >= 0.3 is 0 Å². The summed E-state index contributed by atoms with van der Waals surface area (Å²) in [6, 6.07) is 5.52. The van der Waals surface area contributed by atoms with Gasteiger partial charge < -0.3 is 20.6 Å². The van der Waals surface area contributed by atoms with Gasteiger partial charge in [-0.2, -0.15) is 4.98 Å². The van der Waals surface area contributed by atoms with Crippen LogP contribution in [-0.4, -0.2) is 35.2 Å². The summed E-state index contributed by atoms with van der Waals surface area (Å²) in [4.78, 5) is 21.7. The monoisotopic (exact) mass is 446 g/mol. The summed E-state index contributed by atoms with van der Waals surface area (Å²) in [5.74, 6) is 1.92. The van der Waals surface area contributed by atoms with E-state index in [0.717, 1.165) is 48.1 Å². The second-order valence-electron chi connectivity index (χ2n) is 8.38. The van der Waals surface area contributed by atoms with E-state index in [1.54, 1.807) is 19.3 Å². The van der Waals surface area contributed by atoms with Crippen LogP contribution in [0.15, 0.2) is 36.0 Å². The fraction of sp³-hybridized carbons (Fsp3) is 0.385. The number of methoxy groups -OCH3 is 1. The molecular formula is C26H30N4O3. The number of Topliss-reactive ketones (excluding diaryl/α,β-unsaturated/α-hetero) is 1. The van der Waals surface area contributed by atoms with Gasteiger partial charge in [0.15, 0.2) is 5.78 Å². The molecule has 2 aromatic rings. The third-order valence-corrected chi connectivity index (χ3v) is 6.20. The molecule has 33 heavy (non-hydrogen) atoms. The first kappa shape index (κ1) is 22.7. The van der Waals surface area contributed by atoms with Gasteiger partial charge in [0.25, 0.3) is 0 Å². The largest absolute Gasteiger partial charge is 0.496 e. The Balaban J connectivity index is 1.70. The summed E-state index contributed by atoms with van der Waals surface area (Å²) in [5.41, 5.74) is 10.8. The van der Waals surface area contributed by atoms with E-state index in [-0.39, 0.29) is 11.9 Å². The summed E-state index contributed by atoms with van der Waals surface area (Å²) in [6.45, 7) is 1.85. The molecule has 1 saturated carbocycles. The lowest BCUT2D eigenvalue weighted by Crippen LogP contribution is -2.16. The predicted octanol–water partition coefficient (Wildman–Crippen LogP) is 4.42. The normalized spacial score (nSPS) is 15.8. The molecule has 1 fully saturated rings. The van der Waals surface area contributed by atoms with Crippen LogP contribution in [0, 0.1) is 5.41 Å². The zero-order valence-corrected chi connectivity index (χ0v) is 19.2. The van der Waals surface area contributed by atoms with Crippen molar-refractivity contribution >= 4 is 17.6 Å². The van der Waals surface area contributed by atoms with Crippen LogP contribution in [-0.2, 0) is 12.8 Å². The number of nitrogens with two attached hydrogens (primary N) is 1. The van der Waals surface area contributed by atoms with Gasteiger partial charge in [0.1, 0.15) is 17.7 Å². The molecule has 1 aromatic heterocycles. The number of hydrogen-bond acceptors (Lipinski definition) is 7. The molecule has 0 radical (unpaired) electrons. The Morgan fingerprint density at radius 1 is 1.27 bits per heavy atom. The molecule has 0 spiro atoms. The number of ether oxygens (including phenoxy) is 2. The van der Waals surface area contributed by atoms with Crippen molar-refractivity contribution in [3.63, 3.8) is 0 Å². The molecule has 0 aliphatic heterocycles. The Hall–Kier alpha value is -3.48. The highest BCUT2D eigenvalue weighted by Gasteiger charge is 2.27. The van der Waals surface area contributed by atoms with Crippen LogP contribution in [0.1, 0.15) is 72.0 Å². The van der Waals surface area contributed by atoms with Crippen molar-refractivity contribution in [3.05, 3.63) is 64.3 Å². The molecule has 2 aliphatic carbocycles. The van der Waals surface area contributed by atoms with Crippen LogP contribution in [0.3, 0.4) is 0 Å². The summed E-state index contributed by atoms with van der Waals surface area (Å²) in [5, 5.41) is 7.36. The van der Waals surface area contributed by atoms with Crippen LogP contribution in [0.4, 0.5) is 0 Å². The lowest BCUT2D eigenvalue weighted by molar-refractivity contribution is 0.0988. The second kappa shape index (κ2) is 9.98. The fourth-order valence-corrected chi connectivity index (χ4v) is 4.46. The number of allylic oxidation sites excluding steroid dienone is 3. The molecule has 1 aromatic carbocycles. The average Bonchev–Trinajstić information content (AvgIpc) is 3.49. The van der Waals surface area contributed by atoms with Crippen LogP contribution in [0.25, 0.3) is 5.57 Å². The lowest BCUT2D eigenvalue weighted by Gasteiger charge is -2.18. The van der Waals surface area contributed by atoms with Gasteiger partial charge in [0.2, 0.25) is 5.88 Å². The van der Waals surface area contributed by atoms with Crippen molar-refractivity contribution in [2.24, 2.45) is 5.73 Å². The molecule has 0 amide bonds. The molecule has 172 valence electrons. The number of hydrogen-bond donors (Lipinski definition) is 2. The Bertz CT molecular complexity index is 1130. The maximum absolute atomic E-state index is 12.1. The van der Waals surface area contributed by atoms with Gasteiger partial charge in [-0.05, 0) is 37.8 Å². The maximum atomic E-state index is 12.1. The van der Waals surface area contributed by atoms with Crippen LogP contribution < -0.4 is 15.2 Å². The van der Waals surface area contributed by atoms with E-state index in [1.165, 1.54) is 6.21 Å². The van der Waals surface area contributed by atoms with Gasteiger partial charge in [-0.1, -0.05) is 25.1 Å². The molecule has 0 saturated heterocycles. The number of carbonyl (C=O) groups excluding carboxylic acids is 1. The van der Waals surface area contributed by atoms with Crippen molar-refractivity contribution in [3.8, 4) is 11.6 Å². The van der Waals surface area contributed by atoms with E-state index >= 15 is 0 Å². The highest BCUT2D eigenvalue weighted by atomic mass is 16.5. The smallest absolute Gasteiger partial charge is 0.225 e. The molecule has 0 atom stereocenters. The summed E-state index contributed by atoms with van der Waals surface area (Å²) >= 11 is 0. The van der Waals surface area contributed by atoms with E-state index < -0.39 is 0 Å². The van der Waals surface area contributed by atoms with E-state index in [0.29, 0.717) is 48.0 Å². The Labute approximate surface area is 194 Å². The Morgan fingerprint density at radius 3 is 2.76 bits per heavy atom. The number of ketones is 1. The number of rotatable bonds is 9. The third kappa shape index (κ3) is 4.82. The molecule has 3 N–H and O–H groups in total. The Kier molecular flexibility index (Phi) is 6.87. The molecular weight excluding hydrogens is 416 g/mol. The minimum absolute atomic E-state index is 0.0788. The quantitative estimate of drug-likeness (QED) is 0.436.